The lowest BCUT2D eigenvalue weighted by molar-refractivity contribution is 0.0706. The fourth-order valence-electron chi connectivity index (χ4n) is 2.91. The van der Waals surface area contributed by atoms with Gasteiger partial charge in [0.05, 0.1) is 19.8 Å². The van der Waals surface area contributed by atoms with E-state index >= 15 is 0 Å². The normalized spacial score (nSPS) is 16.2. The Bertz CT molecular complexity index is 773. The van der Waals surface area contributed by atoms with E-state index in [1.54, 1.807) is 25.2 Å². The van der Waals surface area contributed by atoms with Crippen molar-refractivity contribution >= 4 is 11.6 Å². The highest BCUT2D eigenvalue weighted by Gasteiger charge is 2.33. The van der Waals surface area contributed by atoms with E-state index in [1.165, 1.54) is 0 Å². The molecule has 3 rings (SSSR count). The van der Waals surface area contributed by atoms with Crippen LogP contribution in [0.4, 0.5) is 5.69 Å². The Balaban J connectivity index is 2.08. The monoisotopic (exact) mass is 324 g/mol. The molecule has 1 aliphatic heterocycles. The van der Waals surface area contributed by atoms with Gasteiger partial charge in [0.15, 0.2) is 0 Å². The second-order valence-corrected chi connectivity index (χ2v) is 5.45. The van der Waals surface area contributed by atoms with E-state index in [9.17, 15) is 4.79 Å². The number of carbonyl (C=O) groups is 1. The molecule has 0 aliphatic carbocycles. The lowest BCUT2D eigenvalue weighted by Crippen LogP contribution is -2.43. The molecule has 0 aromatic heterocycles. The summed E-state index contributed by atoms with van der Waals surface area (Å²) >= 11 is 0. The fourth-order valence-corrected chi connectivity index (χ4v) is 2.91. The first kappa shape index (κ1) is 15.9. The van der Waals surface area contributed by atoms with E-state index < -0.39 is 0 Å². The molecule has 1 atom stereocenters. The second-order valence-electron chi connectivity index (χ2n) is 5.45. The van der Waals surface area contributed by atoms with Gasteiger partial charge in [0, 0.05) is 23.9 Å². The Hall–Kier alpha value is -2.95. The Morgan fingerprint density at radius 3 is 2.71 bits per heavy atom. The predicted octanol–water partition coefficient (Wildman–Crippen LogP) is 3.46. The van der Waals surface area contributed by atoms with Crippen LogP contribution >= 0.6 is 0 Å². The largest absolute Gasteiger partial charge is 0.497 e. The highest BCUT2D eigenvalue weighted by molar-refractivity contribution is 6.01. The van der Waals surface area contributed by atoms with E-state index in [4.69, 9.17) is 9.47 Å². The van der Waals surface area contributed by atoms with Gasteiger partial charge in [-0.05, 0) is 24.3 Å². The zero-order chi connectivity index (χ0) is 17.1. The first-order chi connectivity index (χ1) is 11.7. The number of hydrogen-bond acceptors (Lipinski definition) is 4. The molecule has 5 nitrogen and oxygen atoms in total. The smallest absolute Gasteiger partial charge is 0.258 e. The molecule has 0 saturated heterocycles. The van der Waals surface area contributed by atoms with E-state index in [0.717, 1.165) is 11.3 Å². The third-order valence-corrected chi connectivity index (χ3v) is 4.08. The van der Waals surface area contributed by atoms with Crippen LogP contribution in [-0.2, 0) is 0 Å². The van der Waals surface area contributed by atoms with Crippen LogP contribution in [0.1, 0.15) is 22.1 Å². The first-order valence-corrected chi connectivity index (χ1v) is 7.69. The highest BCUT2D eigenvalue weighted by Crippen LogP contribution is 2.38. The van der Waals surface area contributed by atoms with Crippen molar-refractivity contribution in [1.82, 2.24) is 4.90 Å². The van der Waals surface area contributed by atoms with Gasteiger partial charge in [0.1, 0.15) is 17.7 Å². The van der Waals surface area contributed by atoms with Crippen LogP contribution in [0, 0.1) is 0 Å². The van der Waals surface area contributed by atoms with E-state index in [-0.39, 0.29) is 12.1 Å². The number of hydrogen-bond donors (Lipinski definition) is 1. The van der Waals surface area contributed by atoms with Gasteiger partial charge >= 0.3 is 0 Å². The second kappa shape index (κ2) is 6.66. The zero-order valence-electron chi connectivity index (χ0n) is 13.8. The number of fused-ring (bicyclic) bond motifs is 1. The summed E-state index contributed by atoms with van der Waals surface area (Å²) in [5.74, 6) is 1.33. The molecule has 1 heterocycles. The van der Waals surface area contributed by atoms with Crippen molar-refractivity contribution in [3.8, 4) is 11.5 Å². The molecule has 5 heteroatoms. The zero-order valence-corrected chi connectivity index (χ0v) is 13.8. The molecule has 0 saturated carbocycles. The van der Waals surface area contributed by atoms with Crippen molar-refractivity contribution in [2.45, 2.75) is 6.17 Å². The number of para-hydroxylation sites is 1. The topological polar surface area (TPSA) is 50.8 Å². The number of benzene rings is 2. The van der Waals surface area contributed by atoms with Crippen LogP contribution in [0.15, 0.2) is 55.1 Å². The Kier molecular flexibility index (Phi) is 4.42. The first-order valence-electron chi connectivity index (χ1n) is 7.69. The summed E-state index contributed by atoms with van der Waals surface area (Å²) in [5, 5.41) is 3.43. The van der Waals surface area contributed by atoms with Crippen molar-refractivity contribution in [3.05, 3.63) is 66.2 Å². The number of ether oxygens (including phenoxy) is 2. The fraction of sp³-hybridized carbons (Fsp3) is 0.211. The number of amides is 1. The van der Waals surface area contributed by atoms with Crippen LogP contribution in [-0.4, -0.2) is 31.6 Å². The lowest BCUT2D eigenvalue weighted by Gasteiger charge is -2.38. The molecule has 0 unspecified atom stereocenters. The molecule has 1 N–H and O–H groups in total. The van der Waals surface area contributed by atoms with Crippen LogP contribution in [0.25, 0.3) is 0 Å². The maximum atomic E-state index is 12.9. The van der Waals surface area contributed by atoms with Crippen LogP contribution in [0.3, 0.4) is 0 Å². The standard InChI is InChI=1S/C19H20N2O3/c1-4-11-21-18(15-10-9-13(23-2)12-17(15)24-3)20-16-8-6-5-7-14(16)19(21)22/h4-10,12,18,20H,1,11H2,2-3H3/t18-/m0/s1. The number of nitrogens with zero attached hydrogens (tertiary/aromatic N) is 1. The third-order valence-electron chi connectivity index (χ3n) is 4.08. The number of nitrogens with one attached hydrogen (secondary N) is 1. The quantitative estimate of drug-likeness (QED) is 0.856. The number of methoxy groups -OCH3 is 2. The van der Waals surface area contributed by atoms with Gasteiger partial charge in [-0.25, -0.2) is 0 Å². The Labute approximate surface area is 141 Å². The predicted molar refractivity (Wildman–Crippen MR) is 93.6 cm³/mol. The summed E-state index contributed by atoms with van der Waals surface area (Å²) in [6.07, 6.45) is 1.38. The molecule has 1 aliphatic rings. The minimum absolute atomic E-state index is 0.0351. The molecular formula is C19H20N2O3. The average Bonchev–Trinajstić information content (AvgIpc) is 2.63. The number of rotatable bonds is 5. The van der Waals surface area contributed by atoms with Gasteiger partial charge in [-0.15, -0.1) is 6.58 Å². The molecule has 0 fully saturated rings. The molecule has 0 spiro atoms. The SMILES string of the molecule is C=CCN1C(=O)c2ccccc2N[C@@H]1c1ccc(OC)cc1OC. The summed E-state index contributed by atoms with van der Waals surface area (Å²) in [7, 11) is 3.21. The Morgan fingerprint density at radius 1 is 1.21 bits per heavy atom. The van der Waals surface area contributed by atoms with Gasteiger partial charge in [0.25, 0.3) is 5.91 Å². The summed E-state index contributed by atoms with van der Waals surface area (Å²) in [6, 6.07) is 13.1. The maximum Gasteiger partial charge on any atom is 0.258 e. The minimum Gasteiger partial charge on any atom is -0.497 e. The molecule has 124 valence electrons. The molecule has 0 bridgehead atoms. The van der Waals surface area contributed by atoms with E-state index in [0.29, 0.717) is 23.6 Å². The van der Waals surface area contributed by atoms with Crippen molar-refractivity contribution in [2.24, 2.45) is 0 Å². The van der Waals surface area contributed by atoms with Gasteiger partial charge in [-0.2, -0.15) is 0 Å². The minimum atomic E-state index is -0.341. The van der Waals surface area contributed by atoms with Crippen LogP contribution in [0.5, 0.6) is 11.5 Å². The molecular weight excluding hydrogens is 304 g/mol. The van der Waals surface area contributed by atoms with Gasteiger partial charge in [0.2, 0.25) is 0 Å². The third kappa shape index (κ3) is 2.69. The molecule has 2 aromatic carbocycles. The maximum absolute atomic E-state index is 12.9. The molecule has 0 radical (unpaired) electrons. The van der Waals surface area contributed by atoms with Crippen LogP contribution in [0.2, 0.25) is 0 Å². The number of anilines is 1. The van der Waals surface area contributed by atoms with E-state index in [1.807, 2.05) is 42.5 Å². The van der Waals surface area contributed by atoms with Gasteiger partial charge in [-0.1, -0.05) is 18.2 Å². The molecule has 1 amide bonds. The van der Waals surface area contributed by atoms with E-state index in [2.05, 4.69) is 11.9 Å². The van der Waals surface area contributed by atoms with Crippen molar-refractivity contribution < 1.29 is 14.3 Å². The summed E-state index contributed by atoms with van der Waals surface area (Å²) in [5.41, 5.74) is 2.33. The molecule has 2 aromatic rings. The number of carbonyl (C=O) groups excluding carboxylic acids is 1. The van der Waals surface area contributed by atoms with Crippen molar-refractivity contribution in [1.29, 1.82) is 0 Å². The summed E-state index contributed by atoms with van der Waals surface area (Å²) in [6.45, 7) is 4.20. The lowest BCUT2D eigenvalue weighted by atomic mass is 10.0. The van der Waals surface area contributed by atoms with Crippen molar-refractivity contribution in [3.63, 3.8) is 0 Å². The van der Waals surface area contributed by atoms with Crippen LogP contribution < -0.4 is 14.8 Å². The highest BCUT2D eigenvalue weighted by atomic mass is 16.5. The average molecular weight is 324 g/mol. The van der Waals surface area contributed by atoms with Gasteiger partial charge < -0.3 is 19.7 Å². The summed E-state index contributed by atoms with van der Waals surface area (Å²) in [4.78, 5) is 14.6. The molecule has 24 heavy (non-hydrogen) atoms. The Morgan fingerprint density at radius 2 is 2.00 bits per heavy atom. The van der Waals surface area contributed by atoms with Crippen molar-refractivity contribution in [2.75, 3.05) is 26.1 Å². The summed E-state index contributed by atoms with van der Waals surface area (Å²) < 4.78 is 10.8. The van der Waals surface area contributed by atoms with Gasteiger partial charge in [-0.3, -0.25) is 4.79 Å².